The Labute approximate surface area is 749 Å². The van der Waals surface area contributed by atoms with Crippen molar-refractivity contribution >= 4 is 74.5 Å². The van der Waals surface area contributed by atoms with E-state index >= 15 is 0 Å². The summed E-state index contributed by atoms with van der Waals surface area (Å²) in [4.78, 5) is 0. The predicted octanol–water partition coefficient (Wildman–Crippen LogP) is 28.4. The normalized spacial score (nSPS) is 11.3. The van der Waals surface area contributed by atoms with Gasteiger partial charge in [0.2, 0.25) is 0 Å². The van der Waals surface area contributed by atoms with Crippen molar-refractivity contribution in [2.45, 2.75) is 106 Å². The summed E-state index contributed by atoms with van der Waals surface area (Å²) in [5, 5.41) is 55.7. The van der Waals surface area contributed by atoms with Crippen LogP contribution in [-0.2, 0) is 39.3 Å². The fourth-order valence-corrected chi connectivity index (χ4v) is 13.8. The van der Waals surface area contributed by atoms with Gasteiger partial charge in [0, 0.05) is 10.0 Å². The van der Waals surface area contributed by atoms with Gasteiger partial charge >= 0.3 is 0 Å². The van der Waals surface area contributed by atoms with Crippen molar-refractivity contribution in [3.8, 4) is 11.5 Å². The molecule has 0 atom stereocenters. The maximum Gasteiger partial charge on any atom is 0.115 e. The second-order valence-corrected chi connectivity index (χ2v) is 30.2. The number of phenols is 2. The summed E-state index contributed by atoms with van der Waals surface area (Å²) in [7, 11) is 0. The molecule has 630 valence electrons. The number of benzene rings is 15. The zero-order chi connectivity index (χ0) is 87.3. The summed E-state index contributed by atoms with van der Waals surface area (Å²) < 4.78 is 0. The Balaban J connectivity index is 0.000000152. The molecule has 0 amide bonds. The lowest BCUT2D eigenvalue weighted by Gasteiger charge is -2.21. The highest BCUT2D eigenvalue weighted by atomic mass is 35.5. The van der Waals surface area contributed by atoms with Crippen molar-refractivity contribution in [2.75, 3.05) is 15.0 Å². The lowest BCUT2D eigenvalue weighted by molar-refractivity contribution is 0.270. The van der Waals surface area contributed by atoms with Crippen LogP contribution >= 0.6 is 23.2 Å². The van der Waals surface area contributed by atoms with E-state index in [2.05, 4.69) is 268 Å². The van der Waals surface area contributed by atoms with Crippen LogP contribution in [-0.4, -0.2) is 48.8 Å². The molecule has 0 radical (unpaired) electrons. The fraction of sp³-hybridized carbons (Fsp3) is 0.144. The molecular formula is C111H110Cl2N10O2. The molecule has 15 aromatic rings. The SMILES string of the molecule is CCC(=NN(Cc1ccccc1)Cc1ccccc1)c1ccc(Cl)cc1.CCC(=NN(Cc1ccccc1)Cc1ccccc1)c1ccc(O)cc1.CCC(=NN(Cc1ccccc1)c1ccccc1)c1ccc(O)cc1.CCC(=NN(Cc1ccccc1)c1ccccc1)c1ccccc1.CCC(=NN(c1ccccc1)c1ccccc1)c1ccc(Cl)cc1. The minimum atomic E-state index is 0.267. The zero-order valence-electron chi connectivity index (χ0n) is 71.9. The van der Waals surface area contributed by atoms with Crippen LogP contribution in [0.3, 0.4) is 0 Å². The van der Waals surface area contributed by atoms with E-state index in [1.54, 1.807) is 24.3 Å². The number of nitrogens with zero attached hydrogens (tertiary/aromatic N) is 10. The van der Waals surface area contributed by atoms with Crippen LogP contribution in [0.2, 0.25) is 10.0 Å². The molecule has 0 saturated carbocycles. The molecule has 0 unspecified atom stereocenters. The smallest absolute Gasteiger partial charge is 0.115 e. The van der Waals surface area contributed by atoms with Gasteiger partial charge in [0.1, 0.15) is 11.5 Å². The molecule has 15 aromatic carbocycles. The van der Waals surface area contributed by atoms with Crippen LogP contribution in [0, 0.1) is 0 Å². The number of rotatable bonds is 31. The first-order valence-corrected chi connectivity index (χ1v) is 43.5. The molecule has 2 N–H and O–H groups in total. The second kappa shape index (κ2) is 50.9. The standard InChI is InChI=1S/C23H23ClN2.C23H24N2O.C22H22N2O.C22H22N2.C21H19ClN2/c1-2-23(21-13-15-22(24)16-14-21)25-26(17-19-9-5-3-6-10-19)18-20-11-7-4-8-12-20;1-2-23(21-13-15-22(26)16-14-21)24-25(17-19-9-5-3-6-10-19)18-20-11-7-4-8-12-20;1-2-22(19-13-15-21(25)16-14-19)23-24(20-11-7-4-8-12-20)17-18-9-5-3-6-10-18;1-2-22(20-14-8-4-9-15-20)23-24(21-16-10-5-11-17-21)18-19-12-6-3-7-13-19;1-2-21(17-13-15-18(22)16-14-17)23-24(19-9-5-3-6-10-19)20-11-7-4-8-12-20/h3-16H,2,17-18H2,1H3;3-16,26H,2,17-18H2,1H3;3-16,25H,2,17H2,1H3;3-17H,2,18H2,1H3;3-16H,2H2,1H3. The Bertz CT molecular complexity index is 5430. The van der Waals surface area contributed by atoms with Crippen LogP contribution < -0.4 is 15.0 Å². The van der Waals surface area contributed by atoms with Crippen LogP contribution in [0.4, 0.5) is 22.7 Å². The van der Waals surface area contributed by atoms with Crippen molar-refractivity contribution in [1.29, 1.82) is 0 Å². The molecule has 0 heterocycles. The van der Waals surface area contributed by atoms with Gasteiger partial charge in [-0.3, -0.25) is 20.0 Å². The third-order valence-corrected chi connectivity index (χ3v) is 20.6. The number of anilines is 4. The lowest BCUT2D eigenvalue weighted by atomic mass is 10.1. The monoisotopic (exact) mass is 1680 g/mol. The average molecular weight is 1690 g/mol. The van der Waals surface area contributed by atoms with Gasteiger partial charge < -0.3 is 10.2 Å². The Morgan fingerprint density at radius 2 is 0.400 bits per heavy atom. The number of aromatic hydroxyl groups is 2. The molecule has 0 aliphatic heterocycles. The topological polar surface area (TPSA) is 118 Å². The van der Waals surface area contributed by atoms with E-state index in [-0.39, 0.29) is 11.5 Å². The van der Waals surface area contributed by atoms with E-state index in [0.717, 1.165) is 148 Å². The maximum absolute atomic E-state index is 9.53. The summed E-state index contributed by atoms with van der Waals surface area (Å²) in [5.41, 5.74) is 22.2. The first-order chi connectivity index (χ1) is 61.4. The van der Waals surface area contributed by atoms with Crippen LogP contribution in [0.5, 0.6) is 11.5 Å². The third kappa shape index (κ3) is 30.7. The van der Waals surface area contributed by atoms with Crippen LogP contribution in [0.1, 0.15) is 128 Å². The van der Waals surface area contributed by atoms with Gasteiger partial charge in [-0.05, 0) is 215 Å². The minimum Gasteiger partial charge on any atom is -0.508 e. The quantitative estimate of drug-likeness (QED) is 0.0328. The van der Waals surface area contributed by atoms with Crippen LogP contribution in [0.15, 0.2) is 456 Å². The van der Waals surface area contributed by atoms with E-state index in [1.165, 1.54) is 38.9 Å². The van der Waals surface area contributed by atoms with Crippen molar-refractivity contribution in [2.24, 2.45) is 25.5 Å². The Morgan fingerprint density at radius 1 is 0.208 bits per heavy atom. The maximum atomic E-state index is 9.53. The second-order valence-electron chi connectivity index (χ2n) is 29.3. The van der Waals surface area contributed by atoms with E-state index in [1.807, 2.05) is 198 Å². The van der Waals surface area contributed by atoms with Crippen molar-refractivity contribution in [3.63, 3.8) is 0 Å². The van der Waals surface area contributed by atoms with Gasteiger partial charge in [-0.2, -0.15) is 25.5 Å². The fourth-order valence-electron chi connectivity index (χ4n) is 13.6. The molecule has 0 aliphatic carbocycles. The number of hydrogen-bond acceptors (Lipinski definition) is 12. The molecule has 15 rings (SSSR count). The van der Waals surface area contributed by atoms with Gasteiger partial charge in [-0.15, -0.1) is 0 Å². The highest BCUT2D eigenvalue weighted by molar-refractivity contribution is 6.31. The average Bonchev–Trinajstić information content (AvgIpc) is 0.838. The van der Waals surface area contributed by atoms with E-state index in [4.69, 9.17) is 48.7 Å². The minimum absolute atomic E-state index is 0.267. The predicted molar refractivity (Wildman–Crippen MR) is 527 cm³/mol. The highest BCUT2D eigenvalue weighted by Gasteiger charge is 2.16. The number of hydrogen-bond donors (Lipinski definition) is 2. The zero-order valence-corrected chi connectivity index (χ0v) is 73.4. The summed E-state index contributed by atoms with van der Waals surface area (Å²) in [6, 6.07) is 144. The van der Waals surface area contributed by atoms with Crippen LogP contribution in [0.25, 0.3) is 0 Å². The summed E-state index contributed by atoms with van der Waals surface area (Å²) in [6.45, 7) is 15.1. The number of phenolic OH excluding ortho intramolecular Hbond substituents is 2. The molecule has 0 aliphatic rings. The van der Waals surface area contributed by atoms with Gasteiger partial charge in [0.05, 0.1) is 90.6 Å². The van der Waals surface area contributed by atoms with E-state index < -0.39 is 0 Å². The van der Waals surface area contributed by atoms with E-state index in [0.29, 0.717) is 6.54 Å². The first-order valence-electron chi connectivity index (χ1n) is 42.7. The first kappa shape index (κ1) is 91.6. The molecule has 0 saturated heterocycles. The molecule has 0 bridgehead atoms. The van der Waals surface area contributed by atoms with E-state index in [9.17, 15) is 10.2 Å². The molecule has 12 nitrogen and oxygen atoms in total. The molecule has 125 heavy (non-hydrogen) atoms. The van der Waals surface area contributed by atoms with Gasteiger partial charge in [0.15, 0.2) is 0 Å². The van der Waals surface area contributed by atoms with Crippen molar-refractivity contribution in [1.82, 2.24) is 10.0 Å². The molecular weight excluding hydrogens is 1580 g/mol. The van der Waals surface area contributed by atoms with Gasteiger partial charge in [-0.25, -0.2) is 5.01 Å². The Morgan fingerprint density at radius 3 is 0.648 bits per heavy atom. The Hall–Kier alpha value is -14.2. The number of para-hydroxylation sites is 4. The lowest BCUT2D eigenvalue weighted by Crippen LogP contribution is -2.19. The summed E-state index contributed by atoms with van der Waals surface area (Å²) in [6.07, 6.45) is 4.22. The van der Waals surface area contributed by atoms with Gasteiger partial charge in [-0.1, -0.05) is 367 Å². The summed E-state index contributed by atoms with van der Waals surface area (Å²) in [5.74, 6) is 0.540. The summed E-state index contributed by atoms with van der Waals surface area (Å²) >= 11 is 12.0. The molecule has 14 heteroatoms. The largest absolute Gasteiger partial charge is 0.508 e. The Kier molecular flexibility index (Phi) is 37.3. The van der Waals surface area contributed by atoms with Crippen molar-refractivity contribution < 1.29 is 10.2 Å². The van der Waals surface area contributed by atoms with Gasteiger partial charge in [0.25, 0.3) is 0 Å². The highest BCUT2D eigenvalue weighted by Crippen LogP contribution is 2.29. The van der Waals surface area contributed by atoms with Crippen molar-refractivity contribution in [3.05, 3.63) is 502 Å². The molecule has 0 fully saturated rings. The number of halogens is 2. The third-order valence-electron chi connectivity index (χ3n) is 20.1. The molecule has 0 spiro atoms. The number of hydrazone groups is 5. The molecule has 0 aromatic heterocycles.